The molecule has 0 radical (unpaired) electrons. The summed E-state index contributed by atoms with van der Waals surface area (Å²) in [5, 5.41) is 0. The molecule has 3 saturated carbocycles. The second-order valence-corrected chi connectivity index (χ2v) is 14.3. The number of imide groups is 1. The van der Waals surface area contributed by atoms with Gasteiger partial charge in [-0.25, -0.2) is 0 Å². The van der Waals surface area contributed by atoms with Crippen molar-refractivity contribution in [1.29, 1.82) is 0 Å². The lowest BCUT2D eigenvalue weighted by molar-refractivity contribution is -0.142. The molecule has 2 saturated heterocycles. The SMILES string of the molecule is COc1ccc2c(c1)CCc1cccnc1C2=C1CCN(C[C@H]2CCCC[C@@H]2CN2C(=O)C3C(C2=O)[C@@H]2CC[C@@H]3C2)CC1. The molecule has 6 nitrogen and oxygen atoms in total. The number of fused-ring (bicyclic) bond motifs is 7. The third-order valence-electron chi connectivity index (χ3n) is 12.2. The summed E-state index contributed by atoms with van der Waals surface area (Å²) in [6.45, 7) is 3.88. The van der Waals surface area contributed by atoms with Gasteiger partial charge in [-0.15, -0.1) is 0 Å². The summed E-state index contributed by atoms with van der Waals surface area (Å²) in [6.07, 6.45) is 14.3. The van der Waals surface area contributed by atoms with Gasteiger partial charge in [0.1, 0.15) is 5.75 Å². The Labute approximate surface area is 255 Å². The van der Waals surface area contributed by atoms with Crippen LogP contribution in [0.2, 0.25) is 0 Å². The van der Waals surface area contributed by atoms with E-state index in [-0.39, 0.29) is 23.7 Å². The third-order valence-corrected chi connectivity index (χ3v) is 12.2. The molecule has 226 valence electrons. The molecule has 2 aliphatic heterocycles. The molecule has 3 heterocycles. The van der Waals surface area contributed by atoms with Gasteiger partial charge in [-0.2, -0.15) is 0 Å². The van der Waals surface area contributed by atoms with Gasteiger partial charge in [0.15, 0.2) is 0 Å². The van der Waals surface area contributed by atoms with E-state index in [2.05, 4.69) is 35.2 Å². The normalized spacial score (nSPS) is 32.1. The molecule has 0 spiro atoms. The van der Waals surface area contributed by atoms with Gasteiger partial charge in [0, 0.05) is 37.9 Å². The first-order chi connectivity index (χ1) is 21.1. The summed E-state index contributed by atoms with van der Waals surface area (Å²) in [4.78, 5) is 36.3. The van der Waals surface area contributed by atoms with Crippen molar-refractivity contribution in [2.24, 2.45) is 35.5 Å². The van der Waals surface area contributed by atoms with Gasteiger partial charge in [-0.1, -0.05) is 30.5 Å². The van der Waals surface area contributed by atoms with Gasteiger partial charge in [0.05, 0.1) is 24.6 Å². The average Bonchev–Trinajstić information content (AvgIpc) is 3.69. The number of hydrogen-bond donors (Lipinski definition) is 0. The topological polar surface area (TPSA) is 62.7 Å². The molecule has 2 aromatic rings. The first-order valence-corrected chi connectivity index (χ1v) is 17.0. The van der Waals surface area contributed by atoms with Gasteiger partial charge >= 0.3 is 0 Å². The van der Waals surface area contributed by atoms with Crippen molar-refractivity contribution in [3.63, 3.8) is 0 Å². The summed E-state index contributed by atoms with van der Waals surface area (Å²) in [7, 11) is 1.75. The highest BCUT2D eigenvalue weighted by Crippen LogP contribution is 2.56. The van der Waals surface area contributed by atoms with Crippen molar-refractivity contribution in [3.05, 3.63) is 64.5 Å². The number of aryl methyl sites for hydroxylation is 2. The minimum absolute atomic E-state index is 0.0108. The van der Waals surface area contributed by atoms with E-state index in [1.54, 1.807) is 12.0 Å². The lowest BCUT2D eigenvalue weighted by Gasteiger charge is -2.39. The van der Waals surface area contributed by atoms with Crippen LogP contribution in [0.3, 0.4) is 0 Å². The molecule has 6 aliphatic rings. The van der Waals surface area contributed by atoms with Crippen LogP contribution in [0.1, 0.15) is 80.2 Å². The zero-order valence-electron chi connectivity index (χ0n) is 25.6. The number of methoxy groups -OCH3 is 1. The molecule has 6 atom stereocenters. The highest BCUT2D eigenvalue weighted by molar-refractivity contribution is 6.06. The van der Waals surface area contributed by atoms with Crippen LogP contribution in [-0.4, -0.2) is 59.9 Å². The molecule has 4 aliphatic carbocycles. The number of ether oxygens (including phenoxy) is 1. The fourth-order valence-corrected chi connectivity index (χ4v) is 10.0. The van der Waals surface area contributed by atoms with Gasteiger partial charge in [0.25, 0.3) is 0 Å². The number of carbonyl (C=O) groups is 2. The molecular formula is C37H45N3O3. The van der Waals surface area contributed by atoms with Crippen molar-refractivity contribution in [2.75, 3.05) is 33.3 Å². The molecule has 8 rings (SSSR count). The number of carbonyl (C=O) groups excluding carboxylic acids is 2. The number of benzene rings is 1. The maximum absolute atomic E-state index is 13.5. The monoisotopic (exact) mass is 579 g/mol. The highest BCUT2D eigenvalue weighted by atomic mass is 16.5. The van der Waals surface area contributed by atoms with Crippen LogP contribution >= 0.6 is 0 Å². The highest BCUT2D eigenvalue weighted by Gasteiger charge is 2.61. The lowest BCUT2D eigenvalue weighted by Crippen LogP contribution is -2.43. The van der Waals surface area contributed by atoms with E-state index >= 15 is 0 Å². The summed E-state index contributed by atoms with van der Waals surface area (Å²) in [5.74, 6) is 3.25. The van der Waals surface area contributed by atoms with E-state index < -0.39 is 0 Å². The molecule has 6 heteroatoms. The number of rotatable bonds is 5. The number of piperidine rings is 1. The Morgan fingerprint density at radius 2 is 1.53 bits per heavy atom. The van der Waals surface area contributed by atoms with Gasteiger partial charge < -0.3 is 9.64 Å². The van der Waals surface area contributed by atoms with Crippen molar-refractivity contribution in [1.82, 2.24) is 14.8 Å². The maximum Gasteiger partial charge on any atom is 0.233 e. The fraction of sp³-hybridized carbons (Fsp3) is 0.595. The minimum Gasteiger partial charge on any atom is -0.497 e. The minimum atomic E-state index is 0.0108. The maximum atomic E-state index is 13.5. The van der Waals surface area contributed by atoms with E-state index in [1.165, 1.54) is 52.8 Å². The average molecular weight is 580 g/mol. The van der Waals surface area contributed by atoms with E-state index in [1.807, 2.05) is 6.20 Å². The number of likely N-dealkylation sites (tertiary alicyclic amines) is 2. The van der Waals surface area contributed by atoms with Crippen LogP contribution in [0.15, 0.2) is 42.1 Å². The molecule has 1 aromatic carbocycles. The van der Waals surface area contributed by atoms with Crippen LogP contribution in [0, 0.1) is 35.5 Å². The number of hydrogen-bond acceptors (Lipinski definition) is 5. The molecule has 1 aromatic heterocycles. The summed E-state index contributed by atoms with van der Waals surface area (Å²) < 4.78 is 5.58. The molecular weight excluding hydrogens is 534 g/mol. The summed E-state index contributed by atoms with van der Waals surface area (Å²) >= 11 is 0. The Hall–Kier alpha value is -2.99. The van der Waals surface area contributed by atoms with Crippen molar-refractivity contribution in [2.45, 2.75) is 70.6 Å². The van der Waals surface area contributed by atoms with E-state index in [4.69, 9.17) is 9.72 Å². The Bertz CT molecular complexity index is 1430. The van der Waals surface area contributed by atoms with Crippen molar-refractivity contribution < 1.29 is 14.3 Å². The summed E-state index contributed by atoms with van der Waals surface area (Å²) in [5.41, 5.74) is 8.07. The molecule has 43 heavy (non-hydrogen) atoms. The van der Waals surface area contributed by atoms with Crippen molar-refractivity contribution >= 4 is 17.4 Å². The van der Waals surface area contributed by atoms with Crippen LogP contribution in [-0.2, 0) is 22.4 Å². The number of amides is 2. The Morgan fingerprint density at radius 1 is 0.837 bits per heavy atom. The second kappa shape index (κ2) is 11.2. The van der Waals surface area contributed by atoms with Crippen LogP contribution in [0.5, 0.6) is 5.75 Å². The first kappa shape index (κ1) is 27.6. The number of aromatic nitrogens is 1. The predicted molar refractivity (Wildman–Crippen MR) is 166 cm³/mol. The van der Waals surface area contributed by atoms with Gasteiger partial charge in [-0.05, 0) is 116 Å². The van der Waals surface area contributed by atoms with E-state index in [0.29, 0.717) is 30.2 Å². The molecule has 5 fully saturated rings. The molecule has 2 bridgehead atoms. The Morgan fingerprint density at radius 3 is 2.26 bits per heavy atom. The molecule has 2 amide bonds. The van der Waals surface area contributed by atoms with Crippen molar-refractivity contribution in [3.8, 4) is 5.75 Å². The molecule has 0 N–H and O–H groups in total. The Balaban J connectivity index is 0.982. The zero-order valence-corrected chi connectivity index (χ0v) is 25.6. The smallest absolute Gasteiger partial charge is 0.233 e. The van der Waals surface area contributed by atoms with E-state index in [0.717, 1.165) is 76.8 Å². The Kier molecular flexibility index (Phi) is 7.16. The van der Waals surface area contributed by atoms with Gasteiger partial charge in [-0.3, -0.25) is 19.5 Å². The lowest BCUT2D eigenvalue weighted by atomic mass is 9.78. The standard InChI is InChI=1S/C37H45N3O3/c1-43-30-12-13-31-25(20-30)9-8-24-7-4-16-38-35(24)32(31)23-14-17-39(18-15-23)21-28-5-2-3-6-29(28)22-40-36(41)33-26-10-11-27(19-26)34(33)37(40)42/h4,7,12-13,16,20,26-29,33-34H,2-3,5-6,8-11,14-15,17-19,21-22H2,1H3/t26-,27-,28-,29-,33?,34?/m1/s1. The number of pyridine rings is 1. The first-order valence-electron chi connectivity index (χ1n) is 17.0. The molecule has 2 unspecified atom stereocenters. The van der Waals surface area contributed by atoms with Crippen LogP contribution in [0.4, 0.5) is 0 Å². The summed E-state index contributed by atoms with van der Waals surface area (Å²) in [6, 6.07) is 10.9. The van der Waals surface area contributed by atoms with Crippen LogP contribution < -0.4 is 4.74 Å². The largest absolute Gasteiger partial charge is 0.497 e. The van der Waals surface area contributed by atoms with E-state index in [9.17, 15) is 9.59 Å². The van der Waals surface area contributed by atoms with Crippen LogP contribution in [0.25, 0.3) is 5.57 Å². The number of nitrogens with zero attached hydrogens (tertiary/aromatic N) is 3. The fourth-order valence-electron chi connectivity index (χ4n) is 10.0. The predicted octanol–water partition coefficient (Wildman–Crippen LogP) is 5.92. The second-order valence-electron chi connectivity index (χ2n) is 14.3. The third kappa shape index (κ3) is 4.75. The van der Waals surface area contributed by atoms with Gasteiger partial charge in [0.2, 0.25) is 11.8 Å². The quantitative estimate of drug-likeness (QED) is 0.412. The zero-order chi connectivity index (χ0) is 29.1.